The van der Waals surface area contributed by atoms with Crippen molar-refractivity contribution in [3.8, 4) is 0 Å². The van der Waals surface area contributed by atoms with Crippen LogP contribution in [0.3, 0.4) is 0 Å². The topological polar surface area (TPSA) is 75.2 Å². The summed E-state index contributed by atoms with van der Waals surface area (Å²) in [5, 5.41) is 2.50. The summed E-state index contributed by atoms with van der Waals surface area (Å²) < 4.78 is 38.1. The highest BCUT2D eigenvalue weighted by Crippen LogP contribution is 2.37. The molecule has 2 aromatic heterocycles. The van der Waals surface area contributed by atoms with Crippen LogP contribution in [0.2, 0.25) is 0 Å². The number of pyridine rings is 2. The SMILES string of the molecule is O=C(NCc1cccnc1)C1CCN(C(=O)c2cccnc2SC(F)(F)F)CC1. The molecule has 2 aromatic rings. The number of amides is 2. The van der Waals surface area contributed by atoms with E-state index in [1.54, 1.807) is 18.5 Å². The Hall–Kier alpha value is -2.62. The van der Waals surface area contributed by atoms with Gasteiger partial charge in [-0.25, -0.2) is 4.98 Å². The number of likely N-dealkylation sites (tertiary alicyclic amines) is 1. The van der Waals surface area contributed by atoms with Crippen molar-refractivity contribution in [1.82, 2.24) is 20.2 Å². The first kappa shape index (κ1) is 21.1. The molecule has 0 saturated carbocycles. The van der Waals surface area contributed by atoms with Gasteiger partial charge in [-0.2, -0.15) is 13.2 Å². The first-order chi connectivity index (χ1) is 13.8. The maximum Gasteiger partial charge on any atom is 0.447 e. The number of rotatable bonds is 5. The zero-order valence-corrected chi connectivity index (χ0v) is 16.2. The Balaban J connectivity index is 1.55. The number of carbonyl (C=O) groups excluding carboxylic acids is 2. The molecule has 0 aromatic carbocycles. The number of halogens is 3. The zero-order valence-electron chi connectivity index (χ0n) is 15.4. The summed E-state index contributed by atoms with van der Waals surface area (Å²) in [6, 6.07) is 6.43. The molecular weight excluding hydrogens is 405 g/mol. The molecule has 154 valence electrons. The Morgan fingerprint density at radius 3 is 2.55 bits per heavy atom. The molecule has 0 aliphatic carbocycles. The molecule has 1 aliphatic rings. The van der Waals surface area contributed by atoms with Crippen LogP contribution in [0.4, 0.5) is 13.2 Å². The molecule has 1 fully saturated rings. The van der Waals surface area contributed by atoms with Crippen molar-refractivity contribution in [2.75, 3.05) is 13.1 Å². The number of aromatic nitrogens is 2. The molecule has 2 amide bonds. The number of carbonyl (C=O) groups is 2. The second-order valence-corrected chi connectivity index (χ2v) is 7.60. The first-order valence-corrected chi connectivity index (χ1v) is 9.82. The number of thioether (sulfide) groups is 1. The maximum absolute atomic E-state index is 12.7. The van der Waals surface area contributed by atoms with E-state index >= 15 is 0 Å². The van der Waals surface area contributed by atoms with Gasteiger partial charge in [0.2, 0.25) is 5.91 Å². The minimum absolute atomic E-state index is 0.0747. The Kier molecular flexibility index (Phi) is 6.73. The van der Waals surface area contributed by atoms with Crippen molar-refractivity contribution < 1.29 is 22.8 Å². The first-order valence-electron chi connectivity index (χ1n) is 9.00. The Morgan fingerprint density at radius 1 is 1.17 bits per heavy atom. The van der Waals surface area contributed by atoms with Gasteiger partial charge in [0.15, 0.2) is 0 Å². The molecule has 29 heavy (non-hydrogen) atoms. The van der Waals surface area contributed by atoms with Gasteiger partial charge in [0.1, 0.15) is 5.03 Å². The molecular formula is C19H19F3N4O2S. The third-order valence-corrected chi connectivity index (χ3v) is 5.31. The van der Waals surface area contributed by atoms with E-state index in [9.17, 15) is 22.8 Å². The summed E-state index contributed by atoms with van der Waals surface area (Å²) in [7, 11) is 0. The molecule has 6 nitrogen and oxygen atoms in total. The summed E-state index contributed by atoms with van der Waals surface area (Å²) in [6.07, 6.45) is 5.45. The van der Waals surface area contributed by atoms with Crippen molar-refractivity contribution >= 4 is 23.6 Å². The van der Waals surface area contributed by atoms with E-state index in [2.05, 4.69) is 15.3 Å². The van der Waals surface area contributed by atoms with Gasteiger partial charge < -0.3 is 10.2 Å². The predicted molar refractivity (Wildman–Crippen MR) is 101 cm³/mol. The molecule has 10 heteroatoms. The van der Waals surface area contributed by atoms with Gasteiger partial charge >= 0.3 is 5.51 Å². The lowest BCUT2D eigenvalue weighted by molar-refractivity contribution is -0.126. The average Bonchev–Trinajstić information content (AvgIpc) is 2.71. The molecule has 0 spiro atoms. The fraction of sp³-hybridized carbons (Fsp3) is 0.368. The van der Waals surface area contributed by atoms with Crippen LogP contribution in [0.25, 0.3) is 0 Å². The van der Waals surface area contributed by atoms with Crippen molar-refractivity contribution in [1.29, 1.82) is 0 Å². The van der Waals surface area contributed by atoms with Gasteiger partial charge in [0.25, 0.3) is 5.91 Å². The summed E-state index contributed by atoms with van der Waals surface area (Å²) in [4.78, 5) is 34.2. The molecule has 3 heterocycles. The van der Waals surface area contributed by atoms with Gasteiger partial charge in [0.05, 0.1) is 5.56 Å². The Labute approximate surface area is 169 Å². The van der Waals surface area contributed by atoms with Crippen LogP contribution in [0, 0.1) is 5.92 Å². The van der Waals surface area contributed by atoms with Crippen LogP contribution in [0.5, 0.6) is 0 Å². The third kappa shape index (κ3) is 5.93. The largest absolute Gasteiger partial charge is 0.447 e. The van der Waals surface area contributed by atoms with Crippen LogP contribution in [0.15, 0.2) is 47.9 Å². The lowest BCUT2D eigenvalue weighted by atomic mass is 9.95. The minimum atomic E-state index is -4.53. The lowest BCUT2D eigenvalue weighted by Crippen LogP contribution is -2.43. The fourth-order valence-corrected chi connectivity index (χ4v) is 3.69. The van der Waals surface area contributed by atoms with Gasteiger partial charge in [-0.15, -0.1) is 0 Å². The third-order valence-electron chi connectivity index (χ3n) is 4.56. The molecule has 1 saturated heterocycles. The van der Waals surface area contributed by atoms with Crippen LogP contribution in [0.1, 0.15) is 28.8 Å². The highest BCUT2D eigenvalue weighted by atomic mass is 32.2. The normalized spacial score (nSPS) is 15.2. The number of hydrogen-bond donors (Lipinski definition) is 1. The highest BCUT2D eigenvalue weighted by Gasteiger charge is 2.34. The monoisotopic (exact) mass is 424 g/mol. The van der Waals surface area contributed by atoms with E-state index in [1.165, 1.54) is 23.2 Å². The van der Waals surface area contributed by atoms with Gasteiger partial charge in [-0.05, 0) is 36.6 Å². The number of alkyl halides is 3. The summed E-state index contributed by atoms with van der Waals surface area (Å²) in [5.41, 5.74) is -3.71. The summed E-state index contributed by atoms with van der Waals surface area (Å²) >= 11 is -0.398. The molecule has 0 radical (unpaired) electrons. The number of nitrogens with zero attached hydrogens (tertiary/aromatic N) is 3. The van der Waals surface area contributed by atoms with Gasteiger partial charge in [0, 0.05) is 55.9 Å². The molecule has 1 N–H and O–H groups in total. The average molecular weight is 424 g/mol. The molecule has 3 rings (SSSR count). The van der Waals surface area contributed by atoms with E-state index < -0.39 is 23.2 Å². The Morgan fingerprint density at radius 2 is 1.90 bits per heavy atom. The quantitative estimate of drug-likeness (QED) is 0.746. The minimum Gasteiger partial charge on any atom is -0.352 e. The Bertz CT molecular complexity index is 856. The van der Waals surface area contributed by atoms with Crippen LogP contribution >= 0.6 is 11.8 Å². The van der Waals surface area contributed by atoms with E-state index in [4.69, 9.17) is 0 Å². The molecule has 0 unspecified atom stereocenters. The van der Waals surface area contributed by atoms with Crippen molar-refractivity contribution in [2.24, 2.45) is 5.92 Å². The maximum atomic E-state index is 12.7. The van der Waals surface area contributed by atoms with Crippen LogP contribution < -0.4 is 5.32 Å². The van der Waals surface area contributed by atoms with E-state index in [1.807, 2.05) is 6.07 Å². The number of nitrogens with one attached hydrogen (secondary N) is 1. The summed E-state index contributed by atoms with van der Waals surface area (Å²) in [6.45, 7) is 0.975. The molecule has 0 bridgehead atoms. The predicted octanol–water partition coefficient (Wildman–Crippen LogP) is 3.26. The van der Waals surface area contributed by atoms with Crippen LogP contribution in [-0.4, -0.2) is 45.3 Å². The standard InChI is InChI=1S/C19H19F3N4O2S/c20-19(21,22)29-17-15(4-2-8-24-17)18(28)26-9-5-14(6-10-26)16(27)25-12-13-3-1-7-23-11-13/h1-4,7-8,11,14H,5-6,9-10,12H2,(H,25,27). The molecule has 1 aliphatic heterocycles. The van der Waals surface area contributed by atoms with E-state index in [0.29, 0.717) is 32.5 Å². The molecule has 0 atom stereocenters. The van der Waals surface area contributed by atoms with Crippen molar-refractivity contribution in [3.63, 3.8) is 0 Å². The fourth-order valence-electron chi connectivity index (χ4n) is 3.10. The zero-order chi connectivity index (χ0) is 20.9. The second kappa shape index (κ2) is 9.25. The van der Waals surface area contributed by atoms with Gasteiger partial charge in [-0.3, -0.25) is 14.6 Å². The van der Waals surface area contributed by atoms with Crippen LogP contribution in [-0.2, 0) is 11.3 Å². The number of piperidine rings is 1. The van der Waals surface area contributed by atoms with Crippen molar-refractivity contribution in [2.45, 2.75) is 29.9 Å². The van der Waals surface area contributed by atoms with E-state index in [0.717, 1.165) is 5.56 Å². The van der Waals surface area contributed by atoms with Crippen molar-refractivity contribution in [3.05, 3.63) is 54.0 Å². The lowest BCUT2D eigenvalue weighted by Gasteiger charge is -2.31. The second-order valence-electron chi connectivity index (χ2n) is 6.55. The van der Waals surface area contributed by atoms with E-state index in [-0.39, 0.29) is 22.4 Å². The number of hydrogen-bond acceptors (Lipinski definition) is 5. The van der Waals surface area contributed by atoms with Gasteiger partial charge in [-0.1, -0.05) is 6.07 Å². The summed E-state index contributed by atoms with van der Waals surface area (Å²) in [5.74, 6) is -0.844. The smallest absolute Gasteiger partial charge is 0.352 e. The highest BCUT2D eigenvalue weighted by molar-refractivity contribution is 8.00.